The summed E-state index contributed by atoms with van der Waals surface area (Å²) in [4.78, 5) is 12.4. The van der Waals surface area contributed by atoms with Gasteiger partial charge in [0.1, 0.15) is 0 Å². The van der Waals surface area contributed by atoms with Crippen molar-refractivity contribution in [3.8, 4) is 0 Å². The molecule has 0 bridgehead atoms. The van der Waals surface area contributed by atoms with Crippen LogP contribution in [-0.2, 0) is 14.8 Å². The second kappa shape index (κ2) is 9.73. The number of carbonyl (C=O) groups excluding carboxylic acids is 1. The molecule has 1 N–H and O–H groups in total. The van der Waals surface area contributed by atoms with Crippen LogP contribution in [0.4, 0.5) is 5.69 Å². The van der Waals surface area contributed by atoms with Crippen molar-refractivity contribution in [2.45, 2.75) is 46.1 Å². The molecule has 2 aromatic carbocycles. The van der Waals surface area contributed by atoms with Gasteiger partial charge in [0.2, 0.25) is 15.9 Å². The molecule has 152 valence electrons. The highest BCUT2D eigenvalue weighted by atomic mass is 32.2. The summed E-state index contributed by atoms with van der Waals surface area (Å²) in [6.07, 6.45) is 2.73. The molecule has 2 aromatic rings. The van der Waals surface area contributed by atoms with Crippen LogP contribution in [0.5, 0.6) is 0 Å². The second-order valence-electron chi connectivity index (χ2n) is 7.22. The van der Waals surface area contributed by atoms with Crippen molar-refractivity contribution >= 4 is 21.6 Å². The first-order chi connectivity index (χ1) is 13.2. The zero-order valence-corrected chi connectivity index (χ0v) is 17.9. The molecule has 0 fully saturated rings. The maximum absolute atomic E-state index is 12.4. The van der Waals surface area contributed by atoms with E-state index in [1.165, 1.54) is 16.1 Å². The summed E-state index contributed by atoms with van der Waals surface area (Å²) >= 11 is 0. The minimum absolute atomic E-state index is 0.0316. The number of hydrogen-bond acceptors (Lipinski definition) is 3. The molecule has 0 unspecified atom stereocenters. The standard InChI is InChI=1S/C22H30N2O3S/c1-5-21(19-13-11-17(2)12-14-19)23-22(25)10-7-15-24(28(4,26)27)20-9-6-8-18(3)16-20/h6,8-9,11-14,16,21H,5,7,10,15H2,1-4H3,(H,23,25)/t21-/m0/s1. The molecule has 0 radical (unpaired) electrons. The Bertz CT molecular complexity index is 892. The first kappa shape index (κ1) is 22.0. The Hall–Kier alpha value is -2.34. The van der Waals surface area contributed by atoms with Gasteiger partial charge in [0, 0.05) is 13.0 Å². The van der Waals surface area contributed by atoms with Crippen LogP contribution in [0.2, 0.25) is 0 Å². The molecule has 6 heteroatoms. The van der Waals surface area contributed by atoms with Gasteiger partial charge >= 0.3 is 0 Å². The molecular formula is C22H30N2O3S. The van der Waals surface area contributed by atoms with Crippen LogP contribution in [0.25, 0.3) is 0 Å². The van der Waals surface area contributed by atoms with Gasteiger partial charge < -0.3 is 5.32 Å². The average molecular weight is 403 g/mol. The van der Waals surface area contributed by atoms with Crippen LogP contribution in [0.3, 0.4) is 0 Å². The van der Waals surface area contributed by atoms with Crippen LogP contribution >= 0.6 is 0 Å². The van der Waals surface area contributed by atoms with Gasteiger partial charge in [0.25, 0.3) is 0 Å². The third-order valence-electron chi connectivity index (χ3n) is 4.68. The highest BCUT2D eigenvalue weighted by molar-refractivity contribution is 7.92. The summed E-state index contributed by atoms with van der Waals surface area (Å²) in [6, 6.07) is 15.5. The Kier molecular flexibility index (Phi) is 7.63. The van der Waals surface area contributed by atoms with E-state index in [0.717, 1.165) is 17.5 Å². The fraction of sp³-hybridized carbons (Fsp3) is 0.409. The lowest BCUT2D eigenvalue weighted by Crippen LogP contribution is -2.33. The maximum atomic E-state index is 12.4. The van der Waals surface area contributed by atoms with Crippen molar-refractivity contribution in [3.05, 3.63) is 65.2 Å². The van der Waals surface area contributed by atoms with Crippen molar-refractivity contribution in [2.75, 3.05) is 17.1 Å². The van der Waals surface area contributed by atoms with Crippen LogP contribution in [-0.4, -0.2) is 27.1 Å². The predicted molar refractivity (Wildman–Crippen MR) is 115 cm³/mol. The van der Waals surface area contributed by atoms with Crippen LogP contribution in [0, 0.1) is 13.8 Å². The van der Waals surface area contributed by atoms with Crippen LogP contribution < -0.4 is 9.62 Å². The number of anilines is 1. The third-order valence-corrected chi connectivity index (χ3v) is 5.87. The van der Waals surface area contributed by atoms with E-state index in [-0.39, 0.29) is 24.9 Å². The summed E-state index contributed by atoms with van der Waals surface area (Å²) in [5.41, 5.74) is 3.89. The van der Waals surface area contributed by atoms with Crippen molar-refractivity contribution in [1.29, 1.82) is 0 Å². The molecular weight excluding hydrogens is 372 g/mol. The largest absolute Gasteiger partial charge is 0.349 e. The first-order valence-electron chi connectivity index (χ1n) is 9.61. The molecule has 2 rings (SSSR count). The van der Waals surface area contributed by atoms with E-state index in [1.807, 2.05) is 63.2 Å². The number of amides is 1. The maximum Gasteiger partial charge on any atom is 0.232 e. The predicted octanol–water partition coefficient (Wildman–Crippen LogP) is 4.12. The molecule has 0 saturated heterocycles. The lowest BCUT2D eigenvalue weighted by molar-refractivity contribution is -0.121. The molecule has 0 aliphatic heterocycles. The van der Waals surface area contributed by atoms with Gasteiger partial charge in [-0.1, -0.05) is 48.9 Å². The molecule has 0 aromatic heterocycles. The van der Waals surface area contributed by atoms with Crippen molar-refractivity contribution in [2.24, 2.45) is 0 Å². The summed E-state index contributed by atoms with van der Waals surface area (Å²) in [7, 11) is -3.41. The van der Waals surface area contributed by atoms with Gasteiger partial charge in [0.05, 0.1) is 18.0 Å². The molecule has 0 spiro atoms. The molecule has 0 saturated carbocycles. The van der Waals surface area contributed by atoms with Crippen molar-refractivity contribution in [3.63, 3.8) is 0 Å². The topological polar surface area (TPSA) is 66.5 Å². The van der Waals surface area contributed by atoms with Gasteiger partial charge in [0.15, 0.2) is 0 Å². The number of nitrogens with zero attached hydrogens (tertiary/aromatic N) is 1. The fourth-order valence-electron chi connectivity index (χ4n) is 3.14. The summed E-state index contributed by atoms with van der Waals surface area (Å²) in [5.74, 6) is -0.0647. The second-order valence-corrected chi connectivity index (χ2v) is 9.12. The highest BCUT2D eigenvalue weighted by Crippen LogP contribution is 2.20. The third kappa shape index (κ3) is 6.37. The number of benzene rings is 2. The molecule has 5 nitrogen and oxygen atoms in total. The van der Waals surface area contributed by atoms with Gasteiger partial charge in [-0.25, -0.2) is 8.42 Å². The molecule has 0 heterocycles. The molecule has 1 amide bonds. The number of rotatable bonds is 9. The van der Waals surface area contributed by atoms with E-state index in [1.54, 1.807) is 6.07 Å². The summed E-state index contributed by atoms with van der Waals surface area (Å²) in [5, 5.41) is 3.06. The Balaban J connectivity index is 1.96. The summed E-state index contributed by atoms with van der Waals surface area (Å²) < 4.78 is 25.7. The number of nitrogens with one attached hydrogen (secondary N) is 1. The Morgan fingerprint density at radius 1 is 1.07 bits per heavy atom. The van der Waals surface area contributed by atoms with E-state index in [0.29, 0.717) is 12.1 Å². The Morgan fingerprint density at radius 3 is 2.32 bits per heavy atom. The van der Waals surface area contributed by atoms with Gasteiger partial charge in [-0.05, 0) is 49.9 Å². The minimum atomic E-state index is -3.41. The van der Waals surface area contributed by atoms with Crippen LogP contribution in [0.1, 0.15) is 48.9 Å². The van der Waals surface area contributed by atoms with Crippen LogP contribution in [0.15, 0.2) is 48.5 Å². The molecule has 28 heavy (non-hydrogen) atoms. The van der Waals surface area contributed by atoms with E-state index in [9.17, 15) is 13.2 Å². The highest BCUT2D eigenvalue weighted by Gasteiger charge is 2.18. The average Bonchev–Trinajstić information content (AvgIpc) is 2.63. The molecule has 0 aliphatic rings. The zero-order chi connectivity index (χ0) is 20.7. The van der Waals surface area contributed by atoms with Crippen molar-refractivity contribution < 1.29 is 13.2 Å². The molecule has 0 aliphatic carbocycles. The smallest absolute Gasteiger partial charge is 0.232 e. The van der Waals surface area contributed by atoms with Gasteiger partial charge in [-0.3, -0.25) is 9.10 Å². The quantitative estimate of drug-likeness (QED) is 0.686. The van der Waals surface area contributed by atoms with E-state index >= 15 is 0 Å². The monoisotopic (exact) mass is 402 g/mol. The van der Waals surface area contributed by atoms with Crippen molar-refractivity contribution in [1.82, 2.24) is 5.32 Å². The fourth-order valence-corrected chi connectivity index (χ4v) is 4.10. The Labute approximate surface area is 168 Å². The zero-order valence-electron chi connectivity index (χ0n) is 17.1. The minimum Gasteiger partial charge on any atom is -0.349 e. The van der Waals surface area contributed by atoms with E-state index in [2.05, 4.69) is 5.32 Å². The van der Waals surface area contributed by atoms with Gasteiger partial charge in [-0.2, -0.15) is 0 Å². The number of hydrogen-bond donors (Lipinski definition) is 1. The van der Waals surface area contributed by atoms with E-state index in [4.69, 9.17) is 0 Å². The van der Waals surface area contributed by atoms with Gasteiger partial charge in [-0.15, -0.1) is 0 Å². The normalized spacial score (nSPS) is 12.4. The number of aryl methyl sites for hydroxylation is 2. The lowest BCUT2D eigenvalue weighted by Gasteiger charge is -2.23. The SMILES string of the molecule is CC[C@H](NC(=O)CCCN(c1cccc(C)c1)S(C)(=O)=O)c1ccc(C)cc1. The van der Waals surface area contributed by atoms with E-state index < -0.39 is 10.0 Å². The Morgan fingerprint density at radius 2 is 1.75 bits per heavy atom. The number of carbonyl (C=O) groups is 1. The first-order valence-corrected chi connectivity index (χ1v) is 11.5. The summed E-state index contributed by atoms with van der Waals surface area (Å²) in [6.45, 7) is 6.27. The molecule has 1 atom stereocenters. The number of sulfonamides is 1. The lowest BCUT2D eigenvalue weighted by atomic mass is 10.0.